The van der Waals surface area contributed by atoms with Gasteiger partial charge in [0, 0.05) is 34.6 Å². The zero-order valence-corrected chi connectivity index (χ0v) is 23.8. The normalized spacial score (nSPS) is 17.3. The van der Waals surface area contributed by atoms with Crippen molar-refractivity contribution in [3.05, 3.63) is 82.0 Å². The van der Waals surface area contributed by atoms with E-state index < -0.39 is 23.2 Å². The highest BCUT2D eigenvalue weighted by Crippen LogP contribution is 2.55. The molecule has 1 unspecified atom stereocenters. The predicted molar refractivity (Wildman–Crippen MR) is 152 cm³/mol. The number of nitrogens with one attached hydrogen (secondary N) is 1. The van der Waals surface area contributed by atoms with E-state index in [-0.39, 0.29) is 22.4 Å². The number of aromatic nitrogens is 3. The maximum Gasteiger partial charge on any atom is 0.280 e. The average molecular weight is 576 g/mol. The summed E-state index contributed by atoms with van der Waals surface area (Å²) in [5, 5.41) is 3.16. The van der Waals surface area contributed by atoms with Gasteiger partial charge in [-0.05, 0) is 57.5 Å². The minimum absolute atomic E-state index is 0.0209. The number of methoxy groups -OCH3 is 1. The Morgan fingerprint density at radius 1 is 1.15 bits per heavy atom. The molecule has 2 amide bonds. The molecule has 1 spiro atoms. The van der Waals surface area contributed by atoms with Crippen LogP contribution in [0.25, 0.3) is 11.4 Å². The van der Waals surface area contributed by atoms with E-state index in [9.17, 15) is 9.59 Å². The molecule has 4 aromatic rings. The van der Waals surface area contributed by atoms with Gasteiger partial charge in [0.1, 0.15) is 17.4 Å². The Morgan fingerprint density at radius 3 is 2.63 bits per heavy atom. The molecule has 0 saturated heterocycles. The lowest BCUT2D eigenvalue weighted by Crippen LogP contribution is -2.51. The van der Waals surface area contributed by atoms with Gasteiger partial charge >= 0.3 is 0 Å². The number of rotatable bonds is 6. The summed E-state index contributed by atoms with van der Waals surface area (Å²) in [4.78, 5) is 39.0. The van der Waals surface area contributed by atoms with Gasteiger partial charge in [0.05, 0.1) is 30.7 Å². The van der Waals surface area contributed by atoms with Gasteiger partial charge in [-0.3, -0.25) is 14.5 Å². The Bertz CT molecular complexity index is 1750. The third kappa shape index (κ3) is 3.73. The van der Waals surface area contributed by atoms with Gasteiger partial charge in [-0.25, -0.2) is 14.4 Å². The number of amides is 2. The number of benzene rings is 2. The first kappa shape index (κ1) is 26.8. The molecular weight excluding hydrogens is 549 g/mol. The number of carbonyl (C=O) groups excluding carboxylic acids is 2. The van der Waals surface area contributed by atoms with Crippen molar-refractivity contribution in [2.45, 2.75) is 39.3 Å². The summed E-state index contributed by atoms with van der Waals surface area (Å²) in [6, 6.07) is 10.8. The first-order chi connectivity index (χ1) is 19.6. The summed E-state index contributed by atoms with van der Waals surface area (Å²) in [5.41, 5.74) is 0.907. The van der Waals surface area contributed by atoms with Gasteiger partial charge in [0.25, 0.3) is 11.8 Å². The molecule has 210 valence electrons. The standard InChI is InChI=1S/C30H27ClFN5O4/c1-6-41-24-13-23(40-5)18(14-33-24)27-35-25-26(36(27)15(2)3)30(19-9-7-16(4)11-21(19)34-29(30)39)37(28(25)38)22-12-17(31)8-10-20(22)32/h7-15H,6H2,1-5H3,(H,34,39). The molecule has 1 atom stereocenters. The Hall–Kier alpha value is -4.44. The first-order valence-corrected chi connectivity index (χ1v) is 13.5. The minimum atomic E-state index is -1.76. The van der Waals surface area contributed by atoms with Crippen LogP contribution in [0.5, 0.6) is 11.6 Å². The maximum absolute atomic E-state index is 15.5. The lowest BCUT2D eigenvalue weighted by molar-refractivity contribution is -0.119. The van der Waals surface area contributed by atoms with Gasteiger partial charge in [-0.1, -0.05) is 23.7 Å². The van der Waals surface area contributed by atoms with E-state index >= 15 is 4.39 Å². The molecule has 0 bridgehead atoms. The van der Waals surface area contributed by atoms with Gasteiger partial charge in [-0.2, -0.15) is 0 Å². The predicted octanol–water partition coefficient (Wildman–Crippen LogP) is 5.89. The fraction of sp³-hybridized carbons (Fsp3) is 0.267. The number of anilines is 2. The smallest absolute Gasteiger partial charge is 0.280 e. The number of nitrogens with zero attached hydrogens (tertiary/aromatic N) is 4. The second-order valence-corrected chi connectivity index (χ2v) is 10.6. The number of aryl methyl sites for hydroxylation is 1. The van der Waals surface area contributed by atoms with Gasteiger partial charge in [-0.15, -0.1) is 0 Å². The number of carbonyl (C=O) groups is 2. The number of fused-ring (bicyclic) bond motifs is 4. The van der Waals surface area contributed by atoms with Crippen molar-refractivity contribution in [2.75, 3.05) is 23.9 Å². The summed E-state index contributed by atoms with van der Waals surface area (Å²) in [7, 11) is 1.52. The van der Waals surface area contributed by atoms with Crippen molar-refractivity contribution in [1.29, 1.82) is 0 Å². The topological polar surface area (TPSA) is 98.6 Å². The van der Waals surface area contributed by atoms with Gasteiger partial charge in [0.15, 0.2) is 11.2 Å². The quantitative estimate of drug-likeness (QED) is 0.308. The molecule has 6 rings (SSSR count). The molecule has 0 radical (unpaired) electrons. The summed E-state index contributed by atoms with van der Waals surface area (Å²) >= 11 is 6.28. The van der Waals surface area contributed by atoms with E-state index in [2.05, 4.69) is 10.3 Å². The summed E-state index contributed by atoms with van der Waals surface area (Å²) in [5.74, 6) is -0.657. The van der Waals surface area contributed by atoms with Crippen molar-refractivity contribution in [2.24, 2.45) is 0 Å². The lowest BCUT2D eigenvalue weighted by Gasteiger charge is -2.36. The fourth-order valence-corrected chi connectivity index (χ4v) is 5.95. The Kier molecular flexibility index (Phi) is 6.26. The van der Waals surface area contributed by atoms with Crippen LogP contribution in [0.4, 0.5) is 15.8 Å². The Labute approximate surface area is 240 Å². The molecule has 1 N–H and O–H groups in total. The third-order valence-electron chi connectivity index (χ3n) is 7.40. The molecule has 2 aliphatic heterocycles. The van der Waals surface area contributed by atoms with Crippen molar-refractivity contribution < 1.29 is 23.5 Å². The number of imidazole rings is 1. The largest absolute Gasteiger partial charge is 0.496 e. The van der Waals surface area contributed by atoms with Crippen molar-refractivity contribution in [3.63, 3.8) is 0 Å². The van der Waals surface area contributed by atoms with Crippen LogP contribution in [0.15, 0.2) is 48.7 Å². The van der Waals surface area contributed by atoms with E-state index in [1.165, 1.54) is 30.2 Å². The van der Waals surface area contributed by atoms with Crippen LogP contribution in [0.2, 0.25) is 5.02 Å². The Morgan fingerprint density at radius 2 is 1.93 bits per heavy atom. The van der Waals surface area contributed by atoms with Crippen molar-refractivity contribution in [1.82, 2.24) is 14.5 Å². The van der Waals surface area contributed by atoms with Crippen LogP contribution in [0, 0.1) is 12.7 Å². The van der Waals surface area contributed by atoms with E-state index in [1.54, 1.807) is 18.3 Å². The SMILES string of the molecule is CCOc1cc(OC)c(-c2nc3c(n2C(C)C)C2(C(=O)Nc4cc(C)ccc42)N(c2cc(Cl)ccc2F)C3=O)cn1. The molecular formula is C30H27ClFN5O4. The minimum Gasteiger partial charge on any atom is -0.496 e. The number of pyridine rings is 1. The molecule has 2 aromatic carbocycles. The number of halogens is 2. The van der Waals surface area contributed by atoms with Crippen molar-refractivity contribution in [3.8, 4) is 23.0 Å². The van der Waals surface area contributed by atoms with E-state index in [0.717, 1.165) is 5.56 Å². The van der Waals surface area contributed by atoms with Crippen LogP contribution >= 0.6 is 11.6 Å². The first-order valence-electron chi connectivity index (χ1n) is 13.2. The van der Waals surface area contributed by atoms with E-state index in [1.807, 2.05) is 44.4 Å². The van der Waals surface area contributed by atoms with E-state index in [4.69, 9.17) is 26.1 Å². The van der Waals surface area contributed by atoms with Crippen LogP contribution in [-0.4, -0.2) is 40.1 Å². The monoisotopic (exact) mass is 575 g/mol. The number of ether oxygens (including phenoxy) is 2. The highest BCUT2D eigenvalue weighted by molar-refractivity contribution is 6.31. The molecule has 2 aromatic heterocycles. The second-order valence-electron chi connectivity index (χ2n) is 10.2. The lowest BCUT2D eigenvalue weighted by atomic mass is 9.86. The fourth-order valence-electron chi connectivity index (χ4n) is 5.78. The summed E-state index contributed by atoms with van der Waals surface area (Å²) in [6.07, 6.45) is 1.57. The zero-order chi connectivity index (χ0) is 29.2. The van der Waals surface area contributed by atoms with Crippen LogP contribution in [0.3, 0.4) is 0 Å². The summed E-state index contributed by atoms with van der Waals surface area (Å²) in [6.45, 7) is 8.01. The third-order valence-corrected chi connectivity index (χ3v) is 7.63. The highest BCUT2D eigenvalue weighted by atomic mass is 35.5. The Balaban J connectivity index is 1.70. The van der Waals surface area contributed by atoms with Crippen molar-refractivity contribution >= 4 is 34.8 Å². The second kappa shape index (κ2) is 9.59. The van der Waals surface area contributed by atoms with Crippen LogP contribution in [-0.2, 0) is 10.3 Å². The molecule has 0 saturated carbocycles. The number of hydrogen-bond acceptors (Lipinski definition) is 6. The molecule has 9 nitrogen and oxygen atoms in total. The zero-order valence-electron chi connectivity index (χ0n) is 23.1. The van der Waals surface area contributed by atoms with Crippen LogP contribution in [0.1, 0.15) is 54.1 Å². The maximum atomic E-state index is 15.5. The highest BCUT2D eigenvalue weighted by Gasteiger charge is 2.64. The molecule has 2 aliphatic rings. The molecule has 11 heteroatoms. The average Bonchev–Trinajstić information content (AvgIpc) is 3.54. The summed E-state index contributed by atoms with van der Waals surface area (Å²) < 4.78 is 28.5. The molecule has 0 fully saturated rings. The molecule has 41 heavy (non-hydrogen) atoms. The van der Waals surface area contributed by atoms with Crippen LogP contribution < -0.4 is 19.7 Å². The molecule has 0 aliphatic carbocycles. The molecule has 4 heterocycles. The number of hydrogen-bond donors (Lipinski definition) is 1. The van der Waals surface area contributed by atoms with Gasteiger partial charge < -0.3 is 19.4 Å². The van der Waals surface area contributed by atoms with Gasteiger partial charge in [0.2, 0.25) is 5.88 Å². The van der Waals surface area contributed by atoms with E-state index in [0.29, 0.717) is 46.6 Å².